The largest absolute Gasteiger partial charge is 0.504 e. The van der Waals surface area contributed by atoms with Gasteiger partial charge in [0.05, 0.1) is 5.69 Å². The van der Waals surface area contributed by atoms with Crippen LogP contribution in [0.2, 0.25) is 0 Å². The van der Waals surface area contributed by atoms with Crippen molar-refractivity contribution in [2.24, 2.45) is 0 Å². The molecule has 0 unspecified atom stereocenters. The van der Waals surface area contributed by atoms with Crippen LogP contribution in [0.3, 0.4) is 0 Å². The fourth-order valence-electron chi connectivity index (χ4n) is 0.733. The van der Waals surface area contributed by atoms with Crippen LogP contribution in [-0.2, 0) is 0 Å². The summed E-state index contributed by atoms with van der Waals surface area (Å²) in [5.41, 5.74) is 0.528. The summed E-state index contributed by atoms with van der Waals surface area (Å²) >= 11 is 0. The molecular formula is C7H9NO2. The Kier molecular flexibility index (Phi) is 1.67. The lowest BCUT2D eigenvalue weighted by molar-refractivity contribution is 0.405. The molecule has 0 fully saturated rings. The Labute approximate surface area is 58.9 Å². The van der Waals surface area contributed by atoms with Crippen molar-refractivity contribution >= 4 is 5.69 Å². The van der Waals surface area contributed by atoms with Crippen molar-refractivity contribution in [3.05, 3.63) is 18.2 Å². The standard InChI is InChI=1S/C7H9NO2/c1-8-5-3-2-4-6(9)7(5)10/h2-4,8-10H,1H3. The van der Waals surface area contributed by atoms with Crippen molar-refractivity contribution in [3.63, 3.8) is 0 Å². The summed E-state index contributed by atoms with van der Waals surface area (Å²) in [5, 5.41) is 20.8. The molecule has 0 spiro atoms. The van der Waals surface area contributed by atoms with Crippen molar-refractivity contribution in [1.29, 1.82) is 0 Å². The average Bonchev–Trinajstić information content (AvgIpc) is 1.95. The third-order valence-electron chi connectivity index (χ3n) is 1.28. The zero-order valence-corrected chi connectivity index (χ0v) is 5.63. The first-order chi connectivity index (χ1) is 4.75. The number of hydrogen-bond donors (Lipinski definition) is 3. The number of phenols is 2. The van der Waals surface area contributed by atoms with Crippen LogP contribution in [0.1, 0.15) is 0 Å². The van der Waals surface area contributed by atoms with Crippen molar-refractivity contribution < 1.29 is 10.2 Å². The molecule has 3 nitrogen and oxygen atoms in total. The van der Waals surface area contributed by atoms with E-state index in [1.807, 2.05) is 0 Å². The maximum Gasteiger partial charge on any atom is 0.181 e. The number of para-hydroxylation sites is 1. The number of nitrogens with one attached hydrogen (secondary N) is 1. The van der Waals surface area contributed by atoms with E-state index in [4.69, 9.17) is 10.2 Å². The molecule has 0 saturated heterocycles. The smallest absolute Gasteiger partial charge is 0.181 e. The lowest BCUT2D eigenvalue weighted by atomic mass is 10.3. The monoisotopic (exact) mass is 139 g/mol. The molecule has 0 aliphatic heterocycles. The van der Waals surface area contributed by atoms with E-state index in [9.17, 15) is 0 Å². The Morgan fingerprint density at radius 3 is 2.50 bits per heavy atom. The molecule has 0 radical (unpaired) electrons. The summed E-state index contributed by atoms with van der Waals surface area (Å²) in [5.74, 6) is -0.211. The van der Waals surface area contributed by atoms with Crippen LogP contribution in [0.25, 0.3) is 0 Å². The fraction of sp³-hybridized carbons (Fsp3) is 0.143. The summed E-state index contributed by atoms with van der Waals surface area (Å²) in [6.07, 6.45) is 0. The number of aromatic hydroxyl groups is 2. The average molecular weight is 139 g/mol. The highest BCUT2D eigenvalue weighted by molar-refractivity contribution is 5.61. The summed E-state index contributed by atoms with van der Waals surface area (Å²) in [7, 11) is 1.68. The first-order valence-electron chi connectivity index (χ1n) is 2.94. The SMILES string of the molecule is CNc1cccc(O)c1O. The van der Waals surface area contributed by atoms with E-state index in [-0.39, 0.29) is 11.5 Å². The molecular weight excluding hydrogens is 130 g/mol. The third-order valence-corrected chi connectivity index (χ3v) is 1.28. The Morgan fingerprint density at radius 2 is 2.00 bits per heavy atom. The Morgan fingerprint density at radius 1 is 1.30 bits per heavy atom. The van der Waals surface area contributed by atoms with Crippen LogP contribution in [0.5, 0.6) is 11.5 Å². The van der Waals surface area contributed by atoms with Gasteiger partial charge in [-0.2, -0.15) is 0 Å². The van der Waals surface area contributed by atoms with Crippen LogP contribution >= 0.6 is 0 Å². The van der Waals surface area contributed by atoms with Crippen LogP contribution in [0.15, 0.2) is 18.2 Å². The van der Waals surface area contributed by atoms with Gasteiger partial charge in [0, 0.05) is 7.05 Å². The predicted molar refractivity (Wildman–Crippen MR) is 39.3 cm³/mol. The van der Waals surface area contributed by atoms with Gasteiger partial charge in [0.2, 0.25) is 0 Å². The Balaban J connectivity index is 3.14. The summed E-state index contributed by atoms with van der Waals surface area (Å²) in [6, 6.07) is 4.76. The molecule has 0 heterocycles. The van der Waals surface area contributed by atoms with Gasteiger partial charge in [-0.15, -0.1) is 0 Å². The van der Waals surface area contributed by atoms with E-state index in [1.165, 1.54) is 6.07 Å². The summed E-state index contributed by atoms with van der Waals surface area (Å²) in [4.78, 5) is 0. The van der Waals surface area contributed by atoms with Gasteiger partial charge in [0.15, 0.2) is 11.5 Å². The zero-order valence-electron chi connectivity index (χ0n) is 5.63. The van der Waals surface area contributed by atoms with Gasteiger partial charge in [0.25, 0.3) is 0 Å². The van der Waals surface area contributed by atoms with E-state index in [2.05, 4.69) is 5.32 Å². The number of phenolic OH excluding ortho intramolecular Hbond substituents is 2. The van der Waals surface area contributed by atoms with E-state index in [0.717, 1.165) is 0 Å². The molecule has 3 heteroatoms. The van der Waals surface area contributed by atoms with Gasteiger partial charge in [-0.25, -0.2) is 0 Å². The molecule has 0 atom stereocenters. The third kappa shape index (κ3) is 0.978. The highest BCUT2D eigenvalue weighted by atomic mass is 16.3. The molecule has 0 aliphatic carbocycles. The summed E-state index contributed by atoms with van der Waals surface area (Å²) in [6.45, 7) is 0. The lowest BCUT2D eigenvalue weighted by Crippen LogP contribution is -1.87. The molecule has 0 aliphatic rings. The molecule has 1 aromatic carbocycles. The van der Waals surface area contributed by atoms with Gasteiger partial charge < -0.3 is 15.5 Å². The van der Waals surface area contributed by atoms with Gasteiger partial charge in [-0.3, -0.25) is 0 Å². The fourth-order valence-corrected chi connectivity index (χ4v) is 0.733. The maximum absolute atomic E-state index is 9.09. The van der Waals surface area contributed by atoms with Crippen LogP contribution < -0.4 is 5.32 Å². The molecule has 10 heavy (non-hydrogen) atoms. The minimum Gasteiger partial charge on any atom is -0.504 e. The predicted octanol–water partition coefficient (Wildman–Crippen LogP) is 1.14. The molecule has 0 bridgehead atoms. The minimum absolute atomic E-state index is 0.105. The highest BCUT2D eigenvalue weighted by Crippen LogP contribution is 2.31. The molecule has 1 aromatic rings. The van der Waals surface area contributed by atoms with E-state index in [1.54, 1.807) is 19.2 Å². The second kappa shape index (κ2) is 2.47. The molecule has 1 rings (SSSR count). The van der Waals surface area contributed by atoms with Crippen LogP contribution in [0, 0.1) is 0 Å². The Bertz CT molecular complexity index is 235. The van der Waals surface area contributed by atoms with Crippen molar-refractivity contribution in [2.75, 3.05) is 12.4 Å². The van der Waals surface area contributed by atoms with E-state index < -0.39 is 0 Å². The second-order valence-electron chi connectivity index (χ2n) is 1.92. The first kappa shape index (κ1) is 6.74. The zero-order chi connectivity index (χ0) is 7.56. The topological polar surface area (TPSA) is 52.5 Å². The van der Waals surface area contributed by atoms with Crippen molar-refractivity contribution in [2.45, 2.75) is 0 Å². The van der Waals surface area contributed by atoms with Crippen LogP contribution in [0.4, 0.5) is 5.69 Å². The summed E-state index contributed by atoms with van der Waals surface area (Å²) < 4.78 is 0. The van der Waals surface area contributed by atoms with Gasteiger partial charge >= 0.3 is 0 Å². The minimum atomic E-state index is -0.106. The molecule has 3 N–H and O–H groups in total. The van der Waals surface area contributed by atoms with Crippen molar-refractivity contribution in [1.82, 2.24) is 0 Å². The number of benzene rings is 1. The second-order valence-corrected chi connectivity index (χ2v) is 1.92. The molecule has 54 valence electrons. The highest BCUT2D eigenvalue weighted by Gasteiger charge is 2.01. The van der Waals surface area contributed by atoms with E-state index >= 15 is 0 Å². The lowest BCUT2D eigenvalue weighted by Gasteiger charge is -2.03. The Hall–Kier alpha value is -1.38. The first-order valence-corrected chi connectivity index (χ1v) is 2.94. The van der Waals surface area contributed by atoms with Gasteiger partial charge in [-0.1, -0.05) is 6.07 Å². The number of hydrogen-bond acceptors (Lipinski definition) is 3. The van der Waals surface area contributed by atoms with E-state index in [0.29, 0.717) is 5.69 Å². The molecule has 0 aromatic heterocycles. The van der Waals surface area contributed by atoms with Crippen molar-refractivity contribution in [3.8, 4) is 11.5 Å². The number of rotatable bonds is 1. The van der Waals surface area contributed by atoms with Gasteiger partial charge in [-0.05, 0) is 12.1 Å². The molecule has 0 saturated carbocycles. The van der Waals surface area contributed by atoms with Gasteiger partial charge in [0.1, 0.15) is 0 Å². The molecule has 0 amide bonds. The van der Waals surface area contributed by atoms with Crippen LogP contribution in [-0.4, -0.2) is 17.3 Å². The number of anilines is 1. The quantitative estimate of drug-likeness (QED) is 0.511. The maximum atomic E-state index is 9.09. The normalized spacial score (nSPS) is 9.30.